The molecule has 0 aliphatic carbocycles. The summed E-state index contributed by atoms with van der Waals surface area (Å²) >= 11 is 0. The van der Waals surface area contributed by atoms with Crippen molar-refractivity contribution in [2.75, 3.05) is 6.54 Å². The summed E-state index contributed by atoms with van der Waals surface area (Å²) in [4.78, 5) is 0. The highest BCUT2D eigenvalue weighted by atomic mass is 19.1. The maximum absolute atomic E-state index is 13.3. The Kier molecular flexibility index (Phi) is 3.88. The van der Waals surface area contributed by atoms with Crippen LogP contribution < -0.4 is 5.32 Å². The SMILES string of the molecule is Cn1ccc(CCNCc2ccccc2F)n1. The maximum Gasteiger partial charge on any atom is 0.127 e. The van der Waals surface area contributed by atoms with Crippen LogP contribution in [0.4, 0.5) is 4.39 Å². The Labute approximate surface area is 100 Å². The molecule has 0 atom stereocenters. The zero-order valence-electron chi connectivity index (χ0n) is 9.86. The van der Waals surface area contributed by atoms with Crippen LogP contribution in [0.3, 0.4) is 0 Å². The Morgan fingerprint density at radius 2 is 2.12 bits per heavy atom. The van der Waals surface area contributed by atoms with E-state index in [1.165, 1.54) is 6.07 Å². The van der Waals surface area contributed by atoms with E-state index in [4.69, 9.17) is 0 Å². The van der Waals surface area contributed by atoms with Gasteiger partial charge in [0.05, 0.1) is 5.69 Å². The number of halogens is 1. The first-order valence-electron chi connectivity index (χ1n) is 5.68. The molecule has 0 saturated heterocycles. The van der Waals surface area contributed by atoms with E-state index < -0.39 is 0 Å². The molecule has 0 fully saturated rings. The van der Waals surface area contributed by atoms with Crippen molar-refractivity contribution >= 4 is 0 Å². The van der Waals surface area contributed by atoms with Crippen molar-refractivity contribution in [3.8, 4) is 0 Å². The normalized spacial score (nSPS) is 10.7. The molecule has 0 radical (unpaired) electrons. The Bertz CT molecular complexity index is 479. The summed E-state index contributed by atoms with van der Waals surface area (Å²) in [7, 11) is 1.90. The minimum Gasteiger partial charge on any atom is -0.312 e. The van der Waals surface area contributed by atoms with Crippen LogP contribution in [0.25, 0.3) is 0 Å². The third kappa shape index (κ3) is 3.39. The molecule has 90 valence electrons. The quantitative estimate of drug-likeness (QED) is 0.799. The van der Waals surface area contributed by atoms with Gasteiger partial charge in [0.15, 0.2) is 0 Å². The zero-order valence-corrected chi connectivity index (χ0v) is 9.86. The van der Waals surface area contributed by atoms with Crippen molar-refractivity contribution in [1.29, 1.82) is 0 Å². The van der Waals surface area contributed by atoms with Gasteiger partial charge in [0.1, 0.15) is 5.82 Å². The molecule has 0 saturated carbocycles. The van der Waals surface area contributed by atoms with Crippen molar-refractivity contribution in [3.63, 3.8) is 0 Å². The van der Waals surface area contributed by atoms with Gasteiger partial charge in [-0.1, -0.05) is 18.2 Å². The van der Waals surface area contributed by atoms with Gasteiger partial charge in [-0.2, -0.15) is 5.10 Å². The van der Waals surface area contributed by atoms with E-state index in [1.54, 1.807) is 16.8 Å². The molecule has 4 heteroatoms. The molecule has 1 aromatic heterocycles. The molecule has 0 unspecified atom stereocenters. The molecule has 2 aromatic rings. The van der Waals surface area contributed by atoms with Crippen molar-refractivity contribution in [3.05, 3.63) is 53.6 Å². The first-order valence-corrected chi connectivity index (χ1v) is 5.68. The molecule has 0 aliphatic heterocycles. The highest BCUT2D eigenvalue weighted by Gasteiger charge is 2.00. The second-order valence-corrected chi connectivity index (χ2v) is 4.00. The van der Waals surface area contributed by atoms with E-state index in [-0.39, 0.29) is 5.82 Å². The van der Waals surface area contributed by atoms with Crippen LogP contribution in [0.5, 0.6) is 0 Å². The van der Waals surface area contributed by atoms with Crippen LogP contribution in [0.15, 0.2) is 36.5 Å². The predicted octanol–water partition coefficient (Wildman–Crippen LogP) is 1.89. The monoisotopic (exact) mass is 233 g/mol. The molecule has 1 aromatic carbocycles. The average molecular weight is 233 g/mol. The highest BCUT2D eigenvalue weighted by molar-refractivity contribution is 5.16. The first-order chi connectivity index (χ1) is 8.25. The number of aryl methyl sites for hydroxylation is 1. The van der Waals surface area contributed by atoms with E-state index in [0.717, 1.165) is 18.7 Å². The van der Waals surface area contributed by atoms with Gasteiger partial charge in [0, 0.05) is 38.3 Å². The standard InChI is InChI=1S/C13H16FN3/c1-17-9-7-12(16-17)6-8-15-10-11-4-2-3-5-13(11)14/h2-5,7,9,15H,6,8,10H2,1H3. The molecule has 1 N–H and O–H groups in total. The van der Waals surface area contributed by atoms with Crippen molar-refractivity contribution < 1.29 is 4.39 Å². The lowest BCUT2D eigenvalue weighted by Crippen LogP contribution is -2.17. The summed E-state index contributed by atoms with van der Waals surface area (Å²) in [6, 6.07) is 8.81. The Balaban J connectivity index is 1.75. The topological polar surface area (TPSA) is 29.9 Å². The largest absolute Gasteiger partial charge is 0.312 e. The second kappa shape index (κ2) is 5.59. The second-order valence-electron chi connectivity index (χ2n) is 4.00. The third-order valence-electron chi connectivity index (χ3n) is 2.60. The van der Waals surface area contributed by atoms with Crippen molar-refractivity contribution in [1.82, 2.24) is 15.1 Å². The van der Waals surface area contributed by atoms with Gasteiger partial charge in [-0.3, -0.25) is 4.68 Å². The fourth-order valence-corrected chi connectivity index (χ4v) is 1.68. The van der Waals surface area contributed by atoms with Crippen LogP contribution in [0.2, 0.25) is 0 Å². The van der Waals surface area contributed by atoms with Crippen molar-refractivity contribution in [2.45, 2.75) is 13.0 Å². The molecule has 0 aliphatic rings. The van der Waals surface area contributed by atoms with Crippen LogP contribution in [0, 0.1) is 5.82 Å². The molecule has 3 nitrogen and oxygen atoms in total. The predicted molar refractivity (Wildman–Crippen MR) is 65.0 cm³/mol. The summed E-state index contributed by atoms with van der Waals surface area (Å²) < 4.78 is 15.1. The summed E-state index contributed by atoms with van der Waals surface area (Å²) in [6.07, 6.45) is 2.78. The lowest BCUT2D eigenvalue weighted by molar-refractivity contribution is 0.586. The van der Waals surface area contributed by atoms with Crippen LogP contribution >= 0.6 is 0 Å². The summed E-state index contributed by atoms with van der Waals surface area (Å²) in [5.41, 5.74) is 1.75. The van der Waals surface area contributed by atoms with E-state index in [2.05, 4.69) is 10.4 Å². The number of nitrogens with zero attached hydrogens (tertiary/aromatic N) is 2. The maximum atomic E-state index is 13.3. The summed E-state index contributed by atoms with van der Waals surface area (Å²) in [6.45, 7) is 1.35. The Morgan fingerprint density at radius 1 is 1.29 bits per heavy atom. The average Bonchev–Trinajstić information content (AvgIpc) is 2.73. The first kappa shape index (κ1) is 11.8. The number of aromatic nitrogens is 2. The Morgan fingerprint density at radius 3 is 2.82 bits per heavy atom. The molecule has 0 amide bonds. The number of nitrogens with one attached hydrogen (secondary N) is 1. The number of benzene rings is 1. The molecule has 0 spiro atoms. The van der Waals surface area contributed by atoms with E-state index >= 15 is 0 Å². The van der Waals surface area contributed by atoms with Crippen LogP contribution in [-0.4, -0.2) is 16.3 Å². The molecule has 2 rings (SSSR count). The summed E-state index contributed by atoms with van der Waals surface area (Å²) in [5, 5.41) is 7.49. The number of hydrogen-bond acceptors (Lipinski definition) is 2. The van der Waals surface area contributed by atoms with Crippen LogP contribution in [0.1, 0.15) is 11.3 Å². The van der Waals surface area contributed by atoms with Gasteiger partial charge >= 0.3 is 0 Å². The minimum atomic E-state index is -0.155. The van der Waals surface area contributed by atoms with Crippen LogP contribution in [-0.2, 0) is 20.0 Å². The highest BCUT2D eigenvalue weighted by Crippen LogP contribution is 2.05. The van der Waals surface area contributed by atoms with E-state index in [0.29, 0.717) is 12.1 Å². The fraction of sp³-hybridized carbons (Fsp3) is 0.308. The third-order valence-corrected chi connectivity index (χ3v) is 2.60. The van der Waals surface area contributed by atoms with E-state index in [9.17, 15) is 4.39 Å². The van der Waals surface area contributed by atoms with Gasteiger partial charge in [-0.15, -0.1) is 0 Å². The Hall–Kier alpha value is -1.68. The van der Waals surface area contributed by atoms with Gasteiger partial charge < -0.3 is 5.32 Å². The molecule has 1 heterocycles. The van der Waals surface area contributed by atoms with Gasteiger partial charge in [0.25, 0.3) is 0 Å². The summed E-state index contributed by atoms with van der Waals surface area (Å²) in [5.74, 6) is -0.155. The minimum absolute atomic E-state index is 0.155. The van der Waals surface area contributed by atoms with E-state index in [1.807, 2.05) is 25.4 Å². The molecular formula is C13H16FN3. The van der Waals surface area contributed by atoms with Gasteiger partial charge in [-0.05, 0) is 12.1 Å². The molecule has 0 bridgehead atoms. The lowest BCUT2D eigenvalue weighted by atomic mass is 10.2. The molecule has 17 heavy (non-hydrogen) atoms. The number of hydrogen-bond donors (Lipinski definition) is 1. The number of rotatable bonds is 5. The van der Waals surface area contributed by atoms with Gasteiger partial charge in [0.2, 0.25) is 0 Å². The lowest BCUT2D eigenvalue weighted by Gasteiger charge is -2.04. The van der Waals surface area contributed by atoms with Crippen molar-refractivity contribution in [2.24, 2.45) is 7.05 Å². The fourth-order valence-electron chi connectivity index (χ4n) is 1.68. The smallest absolute Gasteiger partial charge is 0.127 e. The molecular weight excluding hydrogens is 217 g/mol. The zero-order chi connectivity index (χ0) is 12.1. The van der Waals surface area contributed by atoms with Gasteiger partial charge in [-0.25, -0.2) is 4.39 Å².